The predicted octanol–water partition coefficient (Wildman–Crippen LogP) is 4.05. The number of aromatic amines is 1. The molecular weight excluding hydrogens is 388 g/mol. The average Bonchev–Trinajstić information content (AvgIpc) is 3.48. The number of nitrogen functional groups attached to an aromatic ring is 1. The Balaban J connectivity index is 0.000000147. The molecule has 4 aromatic rings. The molecule has 2 fully saturated rings. The zero-order chi connectivity index (χ0) is 21.0. The highest BCUT2D eigenvalue weighted by atomic mass is 15.2. The molecule has 0 amide bonds. The van der Waals surface area contributed by atoms with Crippen LogP contribution in [0.15, 0.2) is 37.1 Å². The fraction of sp³-hybridized carbons (Fsp3) is 0.478. The Bertz CT molecular complexity index is 1120. The van der Waals surface area contributed by atoms with Crippen LogP contribution in [-0.4, -0.2) is 53.6 Å². The van der Waals surface area contributed by atoms with Crippen molar-refractivity contribution >= 4 is 22.5 Å². The van der Waals surface area contributed by atoms with Gasteiger partial charge >= 0.3 is 0 Å². The van der Waals surface area contributed by atoms with E-state index in [1.807, 2.05) is 18.3 Å². The highest BCUT2D eigenvalue weighted by Crippen LogP contribution is 2.29. The second-order valence-corrected chi connectivity index (χ2v) is 8.52. The van der Waals surface area contributed by atoms with E-state index in [4.69, 9.17) is 5.73 Å². The fourth-order valence-corrected chi connectivity index (χ4v) is 4.88. The van der Waals surface area contributed by atoms with Crippen LogP contribution in [0.5, 0.6) is 0 Å². The summed E-state index contributed by atoms with van der Waals surface area (Å²) >= 11 is 0. The van der Waals surface area contributed by atoms with Crippen LogP contribution in [0.4, 0.5) is 5.82 Å². The highest BCUT2D eigenvalue weighted by molar-refractivity contribution is 5.99. The first kappa shape index (κ1) is 19.9. The summed E-state index contributed by atoms with van der Waals surface area (Å²) in [5, 5.41) is 5.28. The first-order chi connectivity index (χ1) is 15.3. The number of piperidine rings is 1. The van der Waals surface area contributed by atoms with E-state index in [-0.39, 0.29) is 0 Å². The molecule has 5 heterocycles. The van der Waals surface area contributed by atoms with Crippen molar-refractivity contribution in [2.45, 2.75) is 57.4 Å². The maximum absolute atomic E-state index is 5.91. The molecule has 0 spiro atoms. The van der Waals surface area contributed by atoms with Crippen molar-refractivity contribution in [2.75, 3.05) is 18.8 Å². The molecule has 0 aromatic carbocycles. The van der Waals surface area contributed by atoms with Crippen LogP contribution in [0.1, 0.15) is 51.4 Å². The second-order valence-electron chi connectivity index (χ2n) is 8.52. The van der Waals surface area contributed by atoms with Crippen LogP contribution in [-0.2, 0) is 0 Å². The summed E-state index contributed by atoms with van der Waals surface area (Å²) < 4.78 is 1.72. The Morgan fingerprint density at radius 1 is 0.935 bits per heavy atom. The summed E-state index contributed by atoms with van der Waals surface area (Å²) in [4.78, 5) is 18.2. The summed E-state index contributed by atoms with van der Waals surface area (Å²) in [6.07, 6.45) is 18.6. The van der Waals surface area contributed by atoms with E-state index in [1.165, 1.54) is 70.8 Å². The van der Waals surface area contributed by atoms with Gasteiger partial charge in [0.15, 0.2) is 5.65 Å². The third kappa shape index (κ3) is 4.25. The minimum Gasteiger partial charge on any atom is -0.383 e. The van der Waals surface area contributed by atoms with Crippen molar-refractivity contribution < 1.29 is 0 Å². The van der Waals surface area contributed by atoms with Gasteiger partial charge in [-0.3, -0.25) is 0 Å². The molecule has 1 aliphatic carbocycles. The zero-order valence-corrected chi connectivity index (χ0v) is 17.9. The second kappa shape index (κ2) is 9.01. The number of nitrogens with two attached hydrogens (primary N) is 1. The van der Waals surface area contributed by atoms with E-state index in [2.05, 4.69) is 29.9 Å². The molecule has 3 N–H and O–H groups in total. The lowest BCUT2D eigenvalue weighted by Crippen LogP contribution is -2.40. The Morgan fingerprint density at radius 2 is 1.74 bits per heavy atom. The van der Waals surface area contributed by atoms with Gasteiger partial charge in [-0.2, -0.15) is 5.10 Å². The van der Waals surface area contributed by atoms with E-state index in [0.717, 1.165) is 28.3 Å². The van der Waals surface area contributed by atoms with E-state index in [0.29, 0.717) is 11.5 Å². The van der Waals surface area contributed by atoms with Crippen molar-refractivity contribution in [1.82, 2.24) is 34.4 Å². The number of aromatic nitrogens is 6. The van der Waals surface area contributed by atoms with E-state index >= 15 is 0 Å². The molecule has 1 saturated heterocycles. The first-order valence-corrected chi connectivity index (χ1v) is 11.4. The average molecular weight is 419 g/mol. The van der Waals surface area contributed by atoms with Crippen LogP contribution < -0.4 is 5.73 Å². The van der Waals surface area contributed by atoms with Gasteiger partial charge in [-0.05, 0) is 50.9 Å². The number of anilines is 1. The summed E-state index contributed by atoms with van der Waals surface area (Å²) in [6.45, 7) is 2.79. The largest absolute Gasteiger partial charge is 0.383 e. The molecule has 0 radical (unpaired) electrons. The number of hydrogen-bond acceptors (Lipinski definition) is 6. The smallest absolute Gasteiger partial charge is 0.153 e. The molecule has 6 rings (SSSR count). The number of nitrogens with one attached hydrogen (secondary N) is 1. The molecule has 2 aliphatic rings. The van der Waals surface area contributed by atoms with Gasteiger partial charge in [0, 0.05) is 30.2 Å². The van der Waals surface area contributed by atoms with E-state index in [1.54, 1.807) is 16.9 Å². The lowest BCUT2D eigenvalue weighted by Gasteiger charge is -2.36. The molecule has 0 atom stereocenters. The third-order valence-corrected chi connectivity index (χ3v) is 6.51. The number of rotatable bonds is 2. The minimum atomic E-state index is 0.439. The Kier molecular flexibility index (Phi) is 5.80. The molecular formula is C23H30N8. The summed E-state index contributed by atoms with van der Waals surface area (Å²) in [7, 11) is 0. The number of hydrogen-bond donors (Lipinski definition) is 2. The molecule has 1 saturated carbocycles. The van der Waals surface area contributed by atoms with Crippen molar-refractivity contribution in [2.24, 2.45) is 0 Å². The van der Waals surface area contributed by atoms with Crippen molar-refractivity contribution in [1.29, 1.82) is 0 Å². The standard InChI is InChI=1S/C12H9N7.C11H21N/c13-11-10-7(5-15-12(10)17-6-16-11)8-1-2-9-14-3-4-19(9)18-8;1-3-7-11(8-4-1)12-9-5-2-6-10-12/h1-6H,(H3,13,15,16,17);11H,1-10H2. The van der Waals surface area contributed by atoms with Gasteiger partial charge in [0.05, 0.1) is 11.1 Å². The summed E-state index contributed by atoms with van der Waals surface area (Å²) in [6, 6.07) is 4.78. The number of nitrogens with zero attached hydrogens (tertiary/aromatic N) is 6. The maximum Gasteiger partial charge on any atom is 0.153 e. The van der Waals surface area contributed by atoms with Gasteiger partial charge in [0.25, 0.3) is 0 Å². The molecule has 0 unspecified atom stereocenters. The van der Waals surface area contributed by atoms with Crippen LogP contribution in [0.25, 0.3) is 27.9 Å². The zero-order valence-electron chi connectivity index (χ0n) is 17.9. The Hall–Kier alpha value is -3.00. The van der Waals surface area contributed by atoms with Gasteiger partial charge < -0.3 is 15.6 Å². The number of fused-ring (bicyclic) bond motifs is 2. The summed E-state index contributed by atoms with van der Waals surface area (Å²) in [5.74, 6) is 0.439. The quantitative estimate of drug-likeness (QED) is 0.509. The Labute approximate surface area is 181 Å². The maximum atomic E-state index is 5.91. The molecule has 8 heteroatoms. The fourth-order valence-electron chi connectivity index (χ4n) is 4.88. The lowest BCUT2D eigenvalue weighted by molar-refractivity contribution is 0.131. The van der Waals surface area contributed by atoms with Gasteiger partial charge in [-0.15, -0.1) is 0 Å². The molecule has 0 bridgehead atoms. The topological polar surface area (TPSA) is 101 Å². The van der Waals surface area contributed by atoms with Gasteiger partial charge in [-0.25, -0.2) is 19.5 Å². The van der Waals surface area contributed by atoms with Crippen LogP contribution in [0.2, 0.25) is 0 Å². The van der Waals surface area contributed by atoms with Crippen molar-refractivity contribution in [3.8, 4) is 11.3 Å². The van der Waals surface area contributed by atoms with E-state index < -0.39 is 0 Å². The molecule has 1 aliphatic heterocycles. The normalized spacial score (nSPS) is 18.2. The van der Waals surface area contributed by atoms with Gasteiger partial charge in [0.2, 0.25) is 0 Å². The minimum absolute atomic E-state index is 0.439. The van der Waals surface area contributed by atoms with Gasteiger partial charge in [-0.1, -0.05) is 25.7 Å². The van der Waals surface area contributed by atoms with Crippen molar-refractivity contribution in [3.63, 3.8) is 0 Å². The predicted molar refractivity (Wildman–Crippen MR) is 123 cm³/mol. The van der Waals surface area contributed by atoms with Crippen LogP contribution in [0, 0.1) is 0 Å². The lowest BCUT2D eigenvalue weighted by atomic mass is 9.93. The number of likely N-dealkylation sites (tertiary alicyclic amines) is 1. The van der Waals surface area contributed by atoms with Crippen molar-refractivity contribution in [3.05, 3.63) is 37.1 Å². The SMILES string of the molecule is C1CCC(N2CCCCC2)CC1.Nc1ncnc2[nH]cc(-c3ccc4nccn4n3)c12. The van der Waals surface area contributed by atoms with Crippen LogP contribution >= 0.6 is 0 Å². The molecule has 162 valence electrons. The van der Waals surface area contributed by atoms with Crippen LogP contribution in [0.3, 0.4) is 0 Å². The third-order valence-electron chi connectivity index (χ3n) is 6.51. The number of H-pyrrole nitrogens is 1. The summed E-state index contributed by atoms with van der Waals surface area (Å²) in [5.41, 5.74) is 9.08. The molecule has 31 heavy (non-hydrogen) atoms. The molecule has 4 aromatic heterocycles. The Morgan fingerprint density at radius 3 is 2.58 bits per heavy atom. The number of imidazole rings is 1. The monoisotopic (exact) mass is 418 g/mol. The van der Waals surface area contributed by atoms with Gasteiger partial charge in [0.1, 0.15) is 17.8 Å². The highest BCUT2D eigenvalue weighted by Gasteiger charge is 2.21. The molecule has 8 nitrogen and oxygen atoms in total. The van der Waals surface area contributed by atoms with E-state index in [9.17, 15) is 0 Å². The first-order valence-electron chi connectivity index (χ1n) is 11.4.